The Balaban J connectivity index is 1.94. The van der Waals surface area contributed by atoms with Crippen LogP contribution >= 0.6 is 0 Å². The van der Waals surface area contributed by atoms with Gasteiger partial charge in [0.05, 0.1) is 22.5 Å². The number of carbonyl (C=O) groups is 1. The fraction of sp³-hybridized carbons (Fsp3) is 0.222. The van der Waals surface area contributed by atoms with Crippen molar-refractivity contribution in [3.8, 4) is 0 Å². The van der Waals surface area contributed by atoms with Crippen LogP contribution < -0.4 is 10.2 Å². The highest BCUT2D eigenvalue weighted by Crippen LogP contribution is 2.38. The maximum absolute atomic E-state index is 13.1. The van der Waals surface area contributed by atoms with E-state index in [1.807, 2.05) is 0 Å². The van der Waals surface area contributed by atoms with E-state index in [9.17, 15) is 13.2 Å². The molecule has 140 valence electrons. The summed E-state index contributed by atoms with van der Waals surface area (Å²) in [6.45, 7) is -2.81. The number of carbonyl (C=O) groups excluding carboxylic acids is 1. The van der Waals surface area contributed by atoms with Gasteiger partial charge in [-0.15, -0.1) is 0 Å². The number of benzene rings is 1. The third-order valence-corrected chi connectivity index (χ3v) is 6.01. The second-order valence-corrected chi connectivity index (χ2v) is 7.78. The quantitative estimate of drug-likeness (QED) is 0.734. The number of fused-ring (bicyclic) bond motifs is 3. The molecule has 3 heterocycles. The first-order valence-corrected chi connectivity index (χ1v) is 9.47. The molecule has 1 atom stereocenters. The second kappa shape index (κ2) is 6.36. The molecular weight excluding hydrogens is 368 g/mol. The maximum Gasteiger partial charge on any atom is 0.269 e. The van der Waals surface area contributed by atoms with E-state index in [1.54, 1.807) is 18.2 Å². The number of aromatic nitrogens is 2. The Labute approximate surface area is 160 Å². The number of nitrogens with zero attached hydrogens (tertiary/aromatic N) is 3. The summed E-state index contributed by atoms with van der Waals surface area (Å²) in [5.74, 6) is -0.711. The van der Waals surface area contributed by atoms with Gasteiger partial charge in [-0.3, -0.25) is 4.79 Å². The summed E-state index contributed by atoms with van der Waals surface area (Å²) in [5, 5.41) is 2.93. The van der Waals surface area contributed by atoms with Gasteiger partial charge in [-0.05, 0) is 25.1 Å². The third-order valence-electron chi connectivity index (χ3n) is 4.33. The first-order valence-electron chi connectivity index (χ1n) is 9.53. The topological polar surface area (TPSA) is 93.5 Å². The van der Waals surface area contributed by atoms with Gasteiger partial charge >= 0.3 is 0 Å². The van der Waals surface area contributed by atoms with Crippen LogP contribution in [0.5, 0.6) is 0 Å². The number of hydrogen-bond acceptors (Lipinski definition) is 6. The number of amides is 1. The van der Waals surface area contributed by atoms with Crippen molar-refractivity contribution >= 4 is 38.3 Å². The van der Waals surface area contributed by atoms with E-state index in [0.29, 0.717) is 11.1 Å². The van der Waals surface area contributed by atoms with Crippen molar-refractivity contribution in [2.24, 2.45) is 0 Å². The number of pyridine rings is 1. The Morgan fingerprint density at radius 1 is 1.30 bits per heavy atom. The lowest BCUT2D eigenvalue weighted by Crippen LogP contribution is -2.47. The first kappa shape index (κ1) is 14.2. The molecule has 1 aliphatic heterocycles. The molecule has 0 spiro atoms. The van der Waals surface area contributed by atoms with Gasteiger partial charge in [-0.2, -0.15) is 0 Å². The van der Waals surface area contributed by atoms with E-state index in [-0.39, 0.29) is 23.0 Å². The van der Waals surface area contributed by atoms with Crippen LogP contribution in [0.1, 0.15) is 11.0 Å². The van der Waals surface area contributed by atoms with Gasteiger partial charge in [0.2, 0.25) is 5.91 Å². The number of hydrogen-bond donors (Lipinski definition) is 1. The van der Waals surface area contributed by atoms with Crippen molar-refractivity contribution in [1.29, 1.82) is 0 Å². The van der Waals surface area contributed by atoms with Gasteiger partial charge in [-0.1, -0.05) is 18.2 Å². The Bertz CT molecular complexity index is 1230. The van der Waals surface area contributed by atoms with Crippen LogP contribution in [-0.2, 0) is 19.6 Å². The van der Waals surface area contributed by atoms with Gasteiger partial charge in [-0.25, -0.2) is 17.4 Å². The molecule has 0 fully saturated rings. The minimum Gasteiger partial charge on any atom is -0.364 e. The largest absolute Gasteiger partial charge is 0.364 e. The molecule has 0 radical (unpaired) electrons. The molecule has 0 bridgehead atoms. The second-order valence-electron chi connectivity index (χ2n) is 5.97. The highest BCUT2D eigenvalue weighted by molar-refractivity contribution is 7.90. The van der Waals surface area contributed by atoms with E-state index >= 15 is 0 Å². The number of anilines is 2. The van der Waals surface area contributed by atoms with Crippen LogP contribution in [0.3, 0.4) is 0 Å². The van der Waals surface area contributed by atoms with Crippen molar-refractivity contribution in [1.82, 2.24) is 8.96 Å². The van der Waals surface area contributed by atoms with Crippen LogP contribution in [-0.4, -0.2) is 43.2 Å². The zero-order valence-electron chi connectivity index (χ0n) is 17.3. The van der Waals surface area contributed by atoms with E-state index in [0.717, 1.165) is 3.97 Å². The molecule has 8 nitrogen and oxygen atoms in total. The minimum absolute atomic E-state index is 0.0874. The van der Waals surface area contributed by atoms with Crippen molar-refractivity contribution in [3.63, 3.8) is 0 Å². The molecule has 4 rings (SSSR count). The summed E-state index contributed by atoms with van der Waals surface area (Å²) in [5.41, 5.74) is 0.726. The molecule has 2 aromatic heterocycles. The number of rotatable bonds is 4. The highest BCUT2D eigenvalue weighted by Gasteiger charge is 2.32. The van der Waals surface area contributed by atoms with Crippen LogP contribution in [0.25, 0.3) is 11.0 Å². The first-order chi connectivity index (χ1) is 14.2. The minimum atomic E-state index is -3.93. The number of methoxy groups -OCH3 is 1. The molecule has 0 saturated carbocycles. The maximum atomic E-state index is 13.1. The Morgan fingerprint density at radius 3 is 2.78 bits per heavy atom. The summed E-state index contributed by atoms with van der Waals surface area (Å²) in [6, 6.07) is 7.92. The normalized spacial score (nSPS) is 19.1. The van der Waals surface area contributed by atoms with Crippen LogP contribution in [0.2, 0.25) is 0 Å². The van der Waals surface area contributed by atoms with Gasteiger partial charge < -0.3 is 15.0 Å². The molecular formula is C18H18N4O4S. The predicted molar refractivity (Wildman–Crippen MR) is 101 cm³/mol. The molecule has 3 aromatic rings. The van der Waals surface area contributed by atoms with Crippen molar-refractivity contribution in [2.75, 3.05) is 24.1 Å². The van der Waals surface area contributed by atoms with Gasteiger partial charge in [0.15, 0.2) is 5.65 Å². The van der Waals surface area contributed by atoms with Crippen molar-refractivity contribution in [3.05, 3.63) is 48.8 Å². The molecule has 1 aromatic carbocycles. The van der Waals surface area contributed by atoms with Gasteiger partial charge in [0, 0.05) is 22.8 Å². The standard InChI is InChI=1S/C18H18N4O4S/c1-12-18(23)20-15-10-19-17-14(16(15)21(12)11-26-2)8-9-22(17)27(24,25)13-6-4-3-5-7-13/h3-10,12H,11H2,1-2H3,(H,20,23)/i1D3. The van der Waals surface area contributed by atoms with E-state index in [1.165, 1.54) is 42.6 Å². The summed E-state index contributed by atoms with van der Waals surface area (Å²) in [7, 11) is -2.54. The predicted octanol–water partition coefficient (Wildman–Crippen LogP) is 2.02. The molecule has 1 aliphatic rings. The Hall–Kier alpha value is -2.91. The average molecular weight is 389 g/mol. The van der Waals surface area contributed by atoms with Crippen LogP contribution in [0, 0.1) is 0 Å². The molecule has 0 aliphatic carbocycles. The fourth-order valence-corrected chi connectivity index (χ4v) is 4.42. The third kappa shape index (κ3) is 2.66. The van der Waals surface area contributed by atoms with E-state index in [2.05, 4.69) is 10.3 Å². The Kier molecular flexibility index (Phi) is 3.34. The zero-order chi connectivity index (χ0) is 21.7. The number of nitrogens with one attached hydrogen (secondary N) is 1. The lowest BCUT2D eigenvalue weighted by atomic mass is 10.1. The lowest BCUT2D eigenvalue weighted by Gasteiger charge is -2.35. The number of ether oxygens (including phenoxy) is 1. The summed E-state index contributed by atoms with van der Waals surface area (Å²) < 4.78 is 55.7. The molecule has 1 amide bonds. The molecule has 0 saturated heterocycles. The van der Waals surface area contributed by atoms with Crippen LogP contribution in [0.4, 0.5) is 11.4 Å². The summed E-state index contributed by atoms with van der Waals surface area (Å²) in [4.78, 5) is 18.1. The van der Waals surface area contributed by atoms with Gasteiger partial charge in [0.1, 0.15) is 12.8 Å². The smallest absolute Gasteiger partial charge is 0.269 e. The lowest BCUT2D eigenvalue weighted by molar-refractivity contribution is -0.117. The summed E-state index contributed by atoms with van der Waals surface area (Å²) in [6.07, 6.45) is 2.66. The Morgan fingerprint density at radius 2 is 2.07 bits per heavy atom. The SMILES string of the molecule is [2H]C([2H])([2H])C1C(=O)Nc2cnc3c(ccn3S(=O)(=O)c3ccccc3)c2N1COC. The summed E-state index contributed by atoms with van der Waals surface area (Å²) >= 11 is 0. The fourth-order valence-electron chi connectivity index (χ4n) is 3.10. The monoisotopic (exact) mass is 389 g/mol. The molecule has 27 heavy (non-hydrogen) atoms. The molecule has 9 heteroatoms. The average Bonchev–Trinajstić information content (AvgIpc) is 3.12. The van der Waals surface area contributed by atoms with Gasteiger partial charge in [0.25, 0.3) is 10.0 Å². The van der Waals surface area contributed by atoms with Crippen molar-refractivity contribution in [2.45, 2.75) is 17.8 Å². The molecule has 1 N–H and O–H groups in total. The zero-order valence-corrected chi connectivity index (χ0v) is 15.1. The molecule has 1 unspecified atom stereocenters. The van der Waals surface area contributed by atoms with Crippen molar-refractivity contribution < 1.29 is 22.1 Å². The van der Waals surface area contributed by atoms with Crippen LogP contribution in [0.15, 0.2) is 53.7 Å². The van der Waals surface area contributed by atoms with E-state index < -0.39 is 28.8 Å². The highest BCUT2D eigenvalue weighted by atomic mass is 32.2. The van der Waals surface area contributed by atoms with E-state index in [4.69, 9.17) is 8.85 Å².